The van der Waals surface area contributed by atoms with Gasteiger partial charge in [-0.05, 0) is 31.6 Å². The molecule has 0 radical (unpaired) electrons. The predicted molar refractivity (Wildman–Crippen MR) is 71.1 cm³/mol. The highest BCUT2D eigenvalue weighted by Crippen LogP contribution is 2.20. The van der Waals surface area contributed by atoms with E-state index in [9.17, 15) is 0 Å². The van der Waals surface area contributed by atoms with E-state index in [1.54, 1.807) is 0 Å². The molecule has 0 heterocycles. The molecule has 18 heavy (non-hydrogen) atoms. The average molecular weight is 245 g/mol. The lowest BCUT2D eigenvalue weighted by Gasteiger charge is -2.12. The van der Waals surface area contributed by atoms with Crippen molar-refractivity contribution in [1.82, 2.24) is 0 Å². The van der Waals surface area contributed by atoms with Crippen LogP contribution in [0, 0.1) is 39.9 Å². The molecule has 0 aliphatic carbocycles. The van der Waals surface area contributed by atoms with E-state index in [1.165, 1.54) is 0 Å². The summed E-state index contributed by atoms with van der Waals surface area (Å²) >= 11 is 0. The van der Waals surface area contributed by atoms with Gasteiger partial charge in [0.2, 0.25) is 0 Å². The van der Waals surface area contributed by atoms with Crippen LogP contribution in [0.2, 0.25) is 0 Å². The van der Waals surface area contributed by atoms with Crippen LogP contribution < -0.4 is 0 Å². The summed E-state index contributed by atoms with van der Waals surface area (Å²) in [6.07, 6.45) is 10.6. The SMILES string of the molecule is N#CCCCCCC(CC#N)CCCCCC#N. The second-order valence-electron chi connectivity index (χ2n) is 4.74. The smallest absolute Gasteiger partial charge is 0.0624 e. The van der Waals surface area contributed by atoms with Crippen molar-refractivity contribution >= 4 is 0 Å². The van der Waals surface area contributed by atoms with Crippen LogP contribution in [-0.2, 0) is 0 Å². The maximum Gasteiger partial charge on any atom is 0.0624 e. The van der Waals surface area contributed by atoms with Gasteiger partial charge in [0.25, 0.3) is 0 Å². The van der Waals surface area contributed by atoms with Gasteiger partial charge in [0.1, 0.15) is 0 Å². The van der Waals surface area contributed by atoms with Crippen LogP contribution in [0.1, 0.15) is 70.6 Å². The fourth-order valence-electron chi connectivity index (χ4n) is 2.11. The summed E-state index contributed by atoms with van der Waals surface area (Å²) in [6.45, 7) is 0. The van der Waals surface area contributed by atoms with Gasteiger partial charge >= 0.3 is 0 Å². The van der Waals surface area contributed by atoms with E-state index in [-0.39, 0.29) is 0 Å². The van der Waals surface area contributed by atoms with Crippen LogP contribution in [0.4, 0.5) is 0 Å². The summed E-state index contributed by atoms with van der Waals surface area (Å²) in [5.41, 5.74) is 0. The summed E-state index contributed by atoms with van der Waals surface area (Å²) in [4.78, 5) is 0. The van der Waals surface area contributed by atoms with E-state index in [1.807, 2.05) is 0 Å². The summed E-state index contributed by atoms with van der Waals surface area (Å²) in [6, 6.07) is 6.58. The van der Waals surface area contributed by atoms with Gasteiger partial charge < -0.3 is 0 Å². The molecule has 0 rings (SSSR count). The van der Waals surface area contributed by atoms with Crippen molar-refractivity contribution in [2.24, 2.45) is 5.92 Å². The lowest BCUT2D eigenvalue weighted by molar-refractivity contribution is 0.414. The Hall–Kier alpha value is -1.53. The van der Waals surface area contributed by atoms with Crippen molar-refractivity contribution < 1.29 is 0 Å². The fraction of sp³-hybridized carbons (Fsp3) is 0.800. The lowest BCUT2D eigenvalue weighted by atomic mass is 9.92. The minimum Gasteiger partial charge on any atom is -0.198 e. The van der Waals surface area contributed by atoms with Crippen molar-refractivity contribution in [1.29, 1.82) is 15.8 Å². The molecule has 0 saturated carbocycles. The normalized spacial score (nSPS) is 9.67. The van der Waals surface area contributed by atoms with Gasteiger partial charge in [-0.1, -0.05) is 25.7 Å². The monoisotopic (exact) mass is 245 g/mol. The summed E-state index contributed by atoms with van der Waals surface area (Å²) in [5, 5.41) is 25.6. The van der Waals surface area contributed by atoms with Gasteiger partial charge in [-0.3, -0.25) is 0 Å². The van der Waals surface area contributed by atoms with Crippen LogP contribution in [0.3, 0.4) is 0 Å². The molecule has 0 aromatic carbocycles. The van der Waals surface area contributed by atoms with Crippen molar-refractivity contribution in [2.45, 2.75) is 70.6 Å². The molecule has 0 unspecified atom stereocenters. The summed E-state index contributed by atoms with van der Waals surface area (Å²) in [5.74, 6) is 0.513. The first-order chi connectivity index (χ1) is 8.85. The van der Waals surface area contributed by atoms with Crippen LogP contribution in [-0.4, -0.2) is 0 Å². The Labute approximate surface area is 111 Å². The van der Waals surface area contributed by atoms with Gasteiger partial charge in [0.05, 0.1) is 18.2 Å². The van der Waals surface area contributed by atoms with E-state index in [0.29, 0.717) is 25.2 Å². The number of hydrogen-bond acceptors (Lipinski definition) is 3. The second-order valence-corrected chi connectivity index (χ2v) is 4.74. The van der Waals surface area contributed by atoms with E-state index in [2.05, 4.69) is 18.2 Å². The molecule has 0 aromatic rings. The van der Waals surface area contributed by atoms with Crippen molar-refractivity contribution in [3.63, 3.8) is 0 Å². The van der Waals surface area contributed by atoms with Gasteiger partial charge in [-0.25, -0.2) is 0 Å². The highest BCUT2D eigenvalue weighted by molar-refractivity contribution is 4.76. The molecule has 3 heteroatoms. The molecule has 0 saturated heterocycles. The second kappa shape index (κ2) is 13.5. The molecule has 0 N–H and O–H groups in total. The number of rotatable bonds is 11. The maximum absolute atomic E-state index is 8.78. The summed E-state index contributed by atoms with van der Waals surface area (Å²) in [7, 11) is 0. The largest absolute Gasteiger partial charge is 0.198 e. The predicted octanol–water partition coefficient (Wildman–Crippen LogP) is 4.46. The molecule has 98 valence electrons. The Bertz CT molecular complexity index is 279. The number of nitriles is 3. The Morgan fingerprint density at radius 1 is 0.611 bits per heavy atom. The first-order valence-corrected chi connectivity index (χ1v) is 6.96. The summed E-state index contributed by atoms with van der Waals surface area (Å²) < 4.78 is 0. The van der Waals surface area contributed by atoms with Crippen molar-refractivity contribution in [3.8, 4) is 18.2 Å². The molecular formula is C15H23N3. The third kappa shape index (κ3) is 11.0. The highest BCUT2D eigenvalue weighted by Gasteiger charge is 2.07. The first kappa shape index (κ1) is 16.5. The van der Waals surface area contributed by atoms with Gasteiger partial charge in [-0.2, -0.15) is 15.8 Å². The molecule has 0 amide bonds. The number of hydrogen-bond donors (Lipinski definition) is 0. The number of unbranched alkanes of at least 4 members (excludes halogenated alkanes) is 6. The molecule has 0 bridgehead atoms. The number of nitrogens with zero attached hydrogens (tertiary/aromatic N) is 3. The topological polar surface area (TPSA) is 71.4 Å². The zero-order valence-electron chi connectivity index (χ0n) is 11.2. The highest BCUT2D eigenvalue weighted by atomic mass is 14.3. The molecule has 0 atom stereocenters. The van der Waals surface area contributed by atoms with Gasteiger partial charge in [0, 0.05) is 19.3 Å². The Morgan fingerprint density at radius 2 is 1.11 bits per heavy atom. The van der Waals surface area contributed by atoms with Crippen LogP contribution >= 0.6 is 0 Å². The standard InChI is InChI=1S/C15H23N3/c16-12-7-3-1-5-9-15(11-14-18)10-6-2-4-8-13-17/h15H,1-11H2. The van der Waals surface area contributed by atoms with Crippen LogP contribution in [0.15, 0.2) is 0 Å². The first-order valence-electron chi connectivity index (χ1n) is 6.96. The molecule has 0 aromatic heterocycles. The van der Waals surface area contributed by atoms with Crippen molar-refractivity contribution in [3.05, 3.63) is 0 Å². The van der Waals surface area contributed by atoms with E-state index >= 15 is 0 Å². The van der Waals surface area contributed by atoms with E-state index < -0.39 is 0 Å². The minimum atomic E-state index is 0.513. The van der Waals surface area contributed by atoms with Crippen molar-refractivity contribution in [2.75, 3.05) is 0 Å². The Morgan fingerprint density at radius 3 is 1.50 bits per heavy atom. The van der Waals surface area contributed by atoms with E-state index in [0.717, 1.165) is 51.4 Å². The zero-order valence-corrected chi connectivity index (χ0v) is 11.2. The van der Waals surface area contributed by atoms with Crippen LogP contribution in [0.5, 0.6) is 0 Å². The van der Waals surface area contributed by atoms with Crippen LogP contribution in [0.25, 0.3) is 0 Å². The average Bonchev–Trinajstić information content (AvgIpc) is 2.38. The third-order valence-corrected chi connectivity index (χ3v) is 3.18. The van der Waals surface area contributed by atoms with E-state index in [4.69, 9.17) is 15.8 Å². The molecule has 0 aliphatic rings. The maximum atomic E-state index is 8.78. The third-order valence-electron chi connectivity index (χ3n) is 3.18. The molecule has 3 nitrogen and oxygen atoms in total. The minimum absolute atomic E-state index is 0.513. The molecule has 0 fully saturated rings. The zero-order chi connectivity index (χ0) is 13.5. The molecular weight excluding hydrogens is 222 g/mol. The Balaban J connectivity index is 3.57. The quantitative estimate of drug-likeness (QED) is 0.504. The lowest BCUT2D eigenvalue weighted by Crippen LogP contribution is -2.00. The molecule has 0 aliphatic heterocycles. The van der Waals surface area contributed by atoms with Gasteiger partial charge in [-0.15, -0.1) is 0 Å². The fourth-order valence-corrected chi connectivity index (χ4v) is 2.11. The van der Waals surface area contributed by atoms with Gasteiger partial charge in [0.15, 0.2) is 0 Å². The Kier molecular flexibility index (Phi) is 12.4. The molecule has 0 spiro atoms.